The molecule has 630 valence electrons. The lowest BCUT2D eigenvalue weighted by Crippen LogP contribution is -2.30. The van der Waals surface area contributed by atoms with Gasteiger partial charge in [-0.2, -0.15) is 0 Å². The molecule has 0 heterocycles. The summed E-state index contributed by atoms with van der Waals surface area (Å²) in [6.45, 7) is 7.38. The average Bonchev–Trinajstić information content (AvgIpc) is 0.908. The van der Waals surface area contributed by atoms with Gasteiger partial charge < -0.3 is 33.8 Å². The number of phosphoric acid groups is 2. The van der Waals surface area contributed by atoms with Crippen LogP contribution in [0.15, 0.2) is 0 Å². The molecule has 106 heavy (non-hydrogen) atoms. The number of carbonyl (C=O) groups is 4. The van der Waals surface area contributed by atoms with E-state index in [0.717, 1.165) is 109 Å². The minimum atomic E-state index is -4.96. The van der Waals surface area contributed by atoms with Crippen molar-refractivity contribution in [2.24, 2.45) is 5.92 Å². The van der Waals surface area contributed by atoms with Gasteiger partial charge in [0.1, 0.15) is 19.3 Å². The summed E-state index contributed by atoms with van der Waals surface area (Å²) in [5, 5.41) is 10.7. The summed E-state index contributed by atoms with van der Waals surface area (Å²) in [7, 11) is -9.92. The second kappa shape index (κ2) is 79.7. The third-order valence-corrected chi connectivity index (χ3v) is 22.8. The van der Waals surface area contributed by atoms with E-state index < -0.39 is 97.5 Å². The normalized spacial score (nSPS) is 14.0. The predicted molar refractivity (Wildman–Crippen MR) is 437 cm³/mol. The maximum atomic E-state index is 13.1. The first kappa shape index (κ1) is 104. The Morgan fingerprint density at radius 2 is 0.453 bits per heavy atom. The molecule has 0 aliphatic rings. The minimum Gasteiger partial charge on any atom is -0.462 e. The summed E-state index contributed by atoms with van der Waals surface area (Å²) in [5.74, 6) is -1.26. The largest absolute Gasteiger partial charge is 0.472 e. The van der Waals surface area contributed by atoms with Crippen LogP contribution in [0.3, 0.4) is 0 Å². The fourth-order valence-corrected chi connectivity index (χ4v) is 15.2. The first-order valence-corrected chi connectivity index (χ1v) is 48.2. The fourth-order valence-electron chi connectivity index (χ4n) is 13.6. The fraction of sp³-hybridized carbons (Fsp3) is 0.954. The zero-order valence-corrected chi connectivity index (χ0v) is 71.4. The Hall–Kier alpha value is -1.94. The molecule has 0 spiro atoms. The molecule has 0 aromatic rings. The van der Waals surface area contributed by atoms with Crippen LogP contribution >= 0.6 is 15.6 Å². The molecule has 0 rings (SSSR count). The standard InChI is InChI=1S/C87H170O17P2/c1-6-10-13-16-19-21-23-25-27-29-31-33-35-37-39-44-48-52-57-62-67-73-87(92)104-83(77-98-85(90)71-66-61-56-51-47-43-38-36-34-32-30-28-26-24-22-20-17-14-11-7-2)79-102-106(95,96)100-75-81(88)74-99-105(93,94)101-78-82(76-97-84(89)70-65-60-54-18-15-12-8-3)103-86(91)72-68-63-58-53-49-45-41-40-42-46-50-55-59-64-69-80(5)9-4/h80-83,88H,6-79H2,1-5H3,(H,93,94)(H,95,96)/t80?,81-,82+,83+/m0/s1. The smallest absolute Gasteiger partial charge is 0.462 e. The highest BCUT2D eigenvalue weighted by Gasteiger charge is 2.30. The van der Waals surface area contributed by atoms with Gasteiger partial charge in [-0.3, -0.25) is 37.3 Å². The summed E-state index contributed by atoms with van der Waals surface area (Å²) in [6.07, 6.45) is 73.9. The van der Waals surface area contributed by atoms with E-state index in [4.69, 9.17) is 37.0 Å². The number of aliphatic hydroxyl groups is 1. The van der Waals surface area contributed by atoms with E-state index in [-0.39, 0.29) is 25.7 Å². The summed E-state index contributed by atoms with van der Waals surface area (Å²) in [5.41, 5.74) is 0. The van der Waals surface area contributed by atoms with Gasteiger partial charge >= 0.3 is 39.5 Å². The van der Waals surface area contributed by atoms with Gasteiger partial charge in [0, 0.05) is 25.7 Å². The van der Waals surface area contributed by atoms with Crippen molar-refractivity contribution in [1.82, 2.24) is 0 Å². The van der Waals surface area contributed by atoms with E-state index in [2.05, 4.69) is 34.6 Å². The van der Waals surface area contributed by atoms with Crippen LogP contribution in [0, 0.1) is 5.92 Å². The molecule has 0 aromatic heterocycles. The maximum absolute atomic E-state index is 13.1. The van der Waals surface area contributed by atoms with Gasteiger partial charge in [0.15, 0.2) is 12.2 Å². The monoisotopic (exact) mass is 1550 g/mol. The van der Waals surface area contributed by atoms with Crippen LogP contribution in [0.1, 0.15) is 471 Å². The van der Waals surface area contributed by atoms with Gasteiger partial charge in [-0.25, -0.2) is 9.13 Å². The Morgan fingerprint density at radius 3 is 0.670 bits per heavy atom. The Balaban J connectivity index is 5.16. The molecule has 3 unspecified atom stereocenters. The number of hydrogen-bond donors (Lipinski definition) is 3. The molecule has 0 radical (unpaired) electrons. The highest BCUT2D eigenvalue weighted by molar-refractivity contribution is 7.47. The molecule has 0 aromatic carbocycles. The van der Waals surface area contributed by atoms with E-state index in [1.165, 1.54) is 283 Å². The molecular weight excluding hydrogens is 1380 g/mol. The number of ether oxygens (including phenoxy) is 4. The van der Waals surface area contributed by atoms with E-state index in [1.54, 1.807) is 0 Å². The highest BCUT2D eigenvalue weighted by atomic mass is 31.2. The van der Waals surface area contributed by atoms with Crippen LogP contribution in [0.25, 0.3) is 0 Å². The average molecular weight is 1550 g/mol. The topological polar surface area (TPSA) is 237 Å². The van der Waals surface area contributed by atoms with Gasteiger partial charge in [-0.1, -0.05) is 420 Å². The quantitative estimate of drug-likeness (QED) is 0.0222. The van der Waals surface area contributed by atoms with Gasteiger partial charge in [-0.05, 0) is 31.6 Å². The first-order chi connectivity index (χ1) is 51.6. The molecule has 3 N–H and O–H groups in total. The molecule has 17 nitrogen and oxygen atoms in total. The summed E-state index contributed by atoms with van der Waals surface area (Å²) in [4.78, 5) is 73.1. The van der Waals surface area contributed by atoms with Crippen molar-refractivity contribution in [3.63, 3.8) is 0 Å². The van der Waals surface area contributed by atoms with Crippen molar-refractivity contribution >= 4 is 39.5 Å². The zero-order valence-electron chi connectivity index (χ0n) is 69.6. The van der Waals surface area contributed by atoms with E-state index in [9.17, 15) is 43.2 Å². The predicted octanol–water partition coefficient (Wildman–Crippen LogP) is 26.8. The maximum Gasteiger partial charge on any atom is 0.472 e. The number of aliphatic hydroxyl groups excluding tert-OH is 1. The van der Waals surface area contributed by atoms with Gasteiger partial charge in [0.2, 0.25) is 0 Å². The van der Waals surface area contributed by atoms with Gasteiger partial charge in [0.25, 0.3) is 0 Å². The molecule has 0 saturated carbocycles. The second-order valence-electron chi connectivity index (χ2n) is 31.5. The van der Waals surface area contributed by atoms with Crippen molar-refractivity contribution in [3.8, 4) is 0 Å². The van der Waals surface area contributed by atoms with Gasteiger partial charge in [-0.15, -0.1) is 0 Å². The van der Waals surface area contributed by atoms with Crippen LogP contribution in [-0.2, 0) is 65.4 Å². The number of esters is 4. The molecule has 19 heteroatoms. The molecular formula is C87H170O17P2. The van der Waals surface area contributed by atoms with Crippen LogP contribution in [0.4, 0.5) is 0 Å². The molecule has 0 amide bonds. The molecule has 0 aliphatic heterocycles. The number of rotatable bonds is 87. The molecule has 6 atom stereocenters. The van der Waals surface area contributed by atoms with Crippen molar-refractivity contribution in [1.29, 1.82) is 0 Å². The third kappa shape index (κ3) is 78.7. The van der Waals surface area contributed by atoms with Crippen LogP contribution in [0.2, 0.25) is 0 Å². The van der Waals surface area contributed by atoms with E-state index in [0.29, 0.717) is 25.7 Å². The third-order valence-electron chi connectivity index (χ3n) is 20.9. The van der Waals surface area contributed by atoms with Crippen LogP contribution in [0.5, 0.6) is 0 Å². The Kier molecular flexibility index (Phi) is 78.2. The number of carbonyl (C=O) groups excluding carboxylic acids is 4. The Bertz CT molecular complexity index is 2020. The van der Waals surface area contributed by atoms with Crippen molar-refractivity contribution in [2.45, 2.75) is 490 Å². The number of hydrogen-bond acceptors (Lipinski definition) is 15. The summed E-state index contributed by atoms with van der Waals surface area (Å²) < 4.78 is 68.8. The SMILES string of the molecule is CCCCCCCCCCCCCCCCCCCCCCCC(=O)O[C@H](COC(=O)CCCCCCCCCCCCCCCCCCCCCC)COP(=O)(O)OC[C@@H](O)COP(=O)(O)OC[C@@H](COC(=O)CCCCCCCCC)OC(=O)CCCCCCCCCCCCCCCCC(C)CC. The Morgan fingerprint density at radius 1 is 0.264 bits per heavy atom. The molecule has 0 bridgehead atoms. The minimum absolute atomic E-state index is 0.108. The van der Waals surface area contributed by atoms with Crippen molar-refractivity contribution in [2.75, 3.05) is 39.6 Å². The Labute approximate surface area is 651 Å². The zero-order chi connectivity index (χ0) is 77.6. The van der Waals surface area contributed by atoms with Crippen LogP contribution in [-0.4, -0.2) is 96.7 Å². The summed E-state index contributed by atoms with van der Waals surface area (Å²) >= 11 is 0. The van der Waals surface area contributed by atoms with Crippen molar-refractivity contribution in [3.05, 3.63) is 0 Å². The lowest BCUT2D eigenvalue weighted by atomic mass is 9.99. The second-order valence-corrected chi connectivity index (χ2v) is 34.4. The van der Waals surface area contributed by atoms with E-state index in [1.807, 2.05) is 0 Å². The summed E-state index contributed by atoms with van der Waals surface area (Å²) in [6, 6.07) is 0. The van der Waals surface area contributed by atoms with E-state index >= 15 is 0 Å². The van der Waals surface area contributed by atoms with Gasteiger partial charge in [0.05, 0.1) is 26.4 Å². The number of unbranched alkanes of at least 4 members (excludes halogenated alkanes) is 58. The first-order valence-electron chi connectivity index (χ1n) is 45.2. The van der Waals surface area contributed by atoms with Crippen molar-refractivity contribution < 1.29 is 80.2 Å². The van der Waals surface area contributed by atoms with Crippen LogP contribution < -0.4 is 0 Å². The molecule has 0 fully saturated rings. The molecule has 0 saturated heterocycles. The molecule has 0 aliphatic carbocycles. The lowest BCUT2D eigenvalue weighted by Gasteiger charge is -2.21. The highest BCUT2D eigenvalue weighted by Crippen LogP contribution is 2.45. The number of phosphoric ester groups is 2. The lowest BCUT2D eigenvalue weighted by molar-refractivity contribution is -0.161.